The molecule has 2 aromatic heterocycles. The maximum atomic E-state index is 12.9. The smallest absolute Gasteiger partial charge is 0.148 e. The van der Waals surface area contributed by atoms with Crippen molar-refractivity contribution in [2.45, 2.75) is 70.1 Å². The van der Waals surface area contributed by atoms with Crippen LogP contribution in [0.15, 0.2) is 225 Å². The number of pyridine rings is 1. The molecule has 0 bridgehead atoms. The van der Waals surface area contributed by atoms with Gasteiger partial charge in [-0.1, -0.05) is 231 Å². The van der Waals surface area contributed by atoms with Gasteiger partial charge in [-0.2, -0.15) is 0 Å². The Morgan fingerprint density at radius 1 is 0.481 bits per heavy atom. The molecule has 13 rings (SSSR count). The molecule has 4 nitrogen and oxygen atoms in total. The van der Waals surface area contributed by atoms with Crippen molar-refractivity contribution in [3.63, 3.8) is 0 Å². The largest absolute Gasteiger partial charge is 0.507 e. The molecule has 0 unspecified atom stereocenters. The van der Waals surface area contributed by atoms with Crippen molar-refractivity contribution in [2.24, 2.45) is 5.92 Å². The van der Waals surface area contributed by atoms with Crippen LogP contribution < -0.4 is 0 Å². The quantitative estimate of drug-likeness (QED) is 0.124. The number of fused-ring (bicyclic) bond motifs is 1. The van der Waals surface area contributed by atoms with Crippen LogP contribution in [0.3, 0.4) is 0 Å². The van der Waals surface area contributed by atoms with Gasteiger partial charge >= 0.3 is 0 Å². The van der Waals surface area contributed by atoms with E-state index in [0.717, 1.165) is 115 Å². The Balaban J connectivity index is 0.00000623. The summed E-state index contributed by atoms with van der Waals surface area (Å²) in [7, 11) is 0. The van der Waals surface area contributed by atoms with Crippen molar-refractivity contribution in [2.75, 3.05) is 0 Å². The zero-order chi connectivity index (χ0) is 52.6. The first-order valence-corrected chi connectivity index (χ1v) is 27.2. The Labute approximate surface area is 470 Å². The van der Waals surface area contributed by atoms with Crippen LogP contribution in [0, 0.1) is 12.0 Å². The summed E-state index contributed by atoms with van der Waals surface area (Å²) in [4.78, 5) is 10.7. The van der Waals surface area contributed by atoms with Gasteiger partial charge in [-0.3, -0.25) is 9.55 Å². The molecule has 2 saturated carbocycles. The van der Waals surface area contributed by atoms with Gasteiger partial charge in [-0.15, -0.1) is 23.8 Å². The van der Waals surface area contributed by atoms with E-state index in [2.05, 4.69) is 150 Å². The Morgan fingerprint density at radius 2 is 1.06 bits per heavy atom. The fourth-order valence-corrected chi connectivity index (χ4v) is 11.9. The summed E-state index contributed by atoms with van der Waals surface area (Å²) in [5, 5.41) is 12.9. The minimum Gasteiger partial charge on any atom is -0.507 e. The standard InChI is InChI=1S/C72H60N3O.Pt/c76-71-65(57-29-14-5-15-30-57)46-60(53-25-10-3-11-26-53)47-66(71)72-74-70-63(31-18-32-69(70)75(72)68-38-33-50(41-49-19-16-17-20-49)42-64(68)56-27-12-4-13-28-56)61-43-59(52-23-8-2-9-24-52)44-62(45-61)67-48-58(39-40-73-67)55-36-34-54(35-37-55)51-21-6-1-7-22-51;/h2-5,8-15,18,23-40,42-44,46-49,51,76H,1,6-7,16-17,19-22,41H2;/q-1;/i41D2;. The first-order chi connectivity index (χ1) is 38.3. The number of hydrogen-bond acceptors (Lipinski definition) is 3. The van der Waals surface area contributed by atoms with E-state index in [4.69, 9.17) is 9.97 Å². The minimum absolute atomic E-state index is 0. The molecule has 1 N–H and O–H groups in total. The molecular formula is C72H60N3OPt-. The third-order valence-electron chi connectivity index (χ3n) is 15.9. The molecule has 0 aliphatic heterocycles. The van der Waals surface area contributed by atoms with Crippen LogP contribution in [-0.2, 0) is 27.4 Å². The molecule has 0 saturated heterocycles. The normalized spacial score (nSPS) is 14.5. The zero-order valence-electron chi connectivity index (χ0n) is 45.0. The fourth-order valence-electron chi connectivity index (χ4n) is 11.9. The predicted octanol–water partition coefficient (Wildman–Crippen LogP) is 19.0. The molecule has 11 aromatic rings. The molecule has 9 aromatic carbocycles. The second-order valence-corrected chi connectivity index (χ2v) is 20.8. The molecule has 0 atom stereocenters. The van der Waals surface area contributed by atoms with Crippen LogP contribution in [0.5, 0.6) is 5.75 Å². The predicted molar refractivity (Wildman–Crippen MR) is 314 cm³/mol. The van der Waals surface area contributed by atoms with Gasteiger partial charge in [0, 0.05) is 46.8 Å². The van der Waals surface area contributed by atoms with Gasteiger partial charge in [0.15, 0.2) is 0 Å². The van der Waals surface area contributed by atoms with Crippen molar-refractivity contribution < 1.29 is 28.9 Å². The number of rotatable bonds is 12. The van der Waals surface area contributed by atoms with Crippen LogP contribution in [0.4, 0.5) is 0 Å². The fraction of sp³-hybridized carbons (Fsp3) is 0.167. The van der Waals surface area contributed by atoms with Crippen LogP contribution in [0.1, 0.15) is 77.6 Å². The third-order valence-corrected chi connectivity index (χ3v) is 15.9. The van der Waals surface area contributed by atoms with Crippen molar-refractivity contribution >= 4 is 11.0 Å². The van der Waals surface area contributed by atoms with Gasteiger partial charge in [0.1, 0.15) is 11.6 Å². The van der Waals surface area contributed by atoms with Gasteiger partial charge in [0.2, 0.25) is 0 Å². The van der Waals surface area contributed by atoms with Crippen molar-refractivity contribution in [1.82, 2.24) is 14.5 Å². The van der Waals surface area contributed by atoms with E-state index in [-0.39, 0.29) is 32.7 Å². The number of hydrogen-bond donors (Lipinski definition) is 1. The number of para-hydroxylation sites is 1. The molecule has 0 radical (unpaired) electrons. The van der Waals surface area contributed by atoms with Gasteiger partial charge in [0.25, 0.3) is 0 Å². The van der Waals surface area contributed by atoms with Crippen LogP contribution in [-0.4, -0.2) is 19.6 Å². The zero-order valence-corrected chi connectivity index (χ0v) is 45.3. The molecule has 77 heavy (non-hydrogen) atoms. The Kier molecular flexibility index (Phi) is 13.8. The molecule has 0 amide bonds. The summed E-state index contributed by atoms with van der Waals surface area (Å²) < 4.78 is 21.4. The molecule has 2 fully saturated rings. The molecule has 2 aliphatic rings. The van der Waals surface area contributed by atoms with E-state index >= 15 is 0 Å². The van der Waals surface area contributed by atoms with Crippen LogP contribution >= 0.6 is 0 Å². The van der Waals surface area contributed by atoms with Gasteiger partial charge in [-0.25, -0.2) is 4.98 Å². The topological polar surface area (TPSA) is 50.9 Å². The van der Waals surface area contributed by atoms with Crippen molar-refractivity contribution in [3.8, 4) is 101 Å². The monoisotopic (exact) mass is 1180 g/mol. The maximum Gasteiger partial charge on any atom is 0.148 e. The summed E-state index contributed by atoms with van der Waals surface area (Å²) in [5.74, 6) is 1.25. The summed E-state index contributed by atoms with van der Waals surface area (Å²) in [6, 6.07) is 79.4. The first-order valence-electron chi connectivity index (χ1n) is 28.2. The minimum atomic E-state index is -1.52. The third kappa shape index (κ3) is 10.3. The number of phenols is 1. The number of aromatic nitrogens is 3. The van der Waals surface area contributed by atoms with E-state index in [1.807, 2.05) is 85.1 Å². The first kappa shape index (κ1) is 47.5. The van der Waals surface area contributed by atoms with Gasteiger partial charge in [0.05, 0.1) is 22.3 Å². The summed E-state index contributed by atoms with van der Waals surface area (Å²) in [5.41, 5.74) is 18.2. The second kappa shape index (κ2) is 22.4. The van der Waals surface area contributed by atoms with E-state index in [0.29, 0.717) is 28.4 Å². The molecule has 5 heteroatoms. The number of imidazole rings is 1. The summed E-state index contributed by atoms with van der Waals surface area (Å²) in [6.07, 6.45) is 10.7. The van der Waals surface area contributed by atoms with Crippen molar-refractivity contribution in [1.29, 1.82) is 0 Å². The second-order valence-electron chi connectivity index (χ2n) is 20.8. The average molecular weight is 1180 g/mol. The van der Waals surface area contributed by atoms with E-state index in [1.165, 1.54) is 37.7 Å². The van der Waals surface area contributed by atoms with Gasteiger partial charge < -0.3 is 5.11 Å². The van der Waals surface area contributed by atoms with E-state index in [9.17, 15) is 7.85 Å². The average Bonchev–Trinajstić information content (AvgIpc) is 4.43. The number of nitrogens with zero attached hydrogens (tertiary/aromatic N) is 3. The Hall–Kier alpha value is -7.91. The molecule has 2 heterocycles. The number of phenolic OH excluding ortho intramolecular Hbond substituents is 1. The van der Waals surface area contributed by atoms with Crippen molar-refractivity contribution in [3.05, 3.63) is 242 Å². The maximum absolute atomic E-state index is 12.9. The Morgan fingerprint density at radius 3 is 1.74 bits per heavy atom. The molecule has 380 valence electrons. The summed E-state index contributed by atoms with van der Waals surface area (Å²) in [6.45, 7) is 0. The summed E-state index contributed by atoms with van der Waals surface area (Å²) >= 11 is 0. The van der Waals surface area contributed by atoms with Crippen LogP contribution in [0.2, 0.25) is 0 Å². The van der Waals surface area contributed by atoms with Crippen LogP contribution in [0.25, 0.3) is 106 Å². The number of aromatic hydroxyl groups is 1. The molecule has 2 aliphatic carbocycles. The molecular weight excluding hydrogens is 1120 g/mol. The SMILES string of the molecule is [2H]C([2H])(c1ccc(-n2c(-c3cc(-c4ccccc4)cc(-c4ccccc4)c3O)nc3c(-c4[c-]c(-c5cc(-c6ccc(C7CCCCC7)cc6)ccn5)cc(-c5ccccc5)c4)cccc32)c(-c2ccccc2)c1)C1CCCC1.[Pt]. The van der Waals surface area contributed by atoms with E-state index < -0.39 is 6.37 Å². The van der Waals surface area contributed by atoms with E-state index in [1.54, 1.807) is 0 Å². The number of benzene rings is 9. The Bertz CT molecular complexity index is 3930. The van der Waals surface area contributed by atoms with Gasteiger partial charge in [-0.05, 0) is 118 Å². The molecule has 0 spiro atoms.